The van der Waals surface area contributed by atoms with E-state index in [2.05, 4.69) is 11.6 Å². The Hall–Kier alpha value is -1.09. The average molecular weight is 207 g/mol. The van der Waals surface area contributed by atoms with Gasteiger partial charge in [0.15, 0.2) is 0 Å². The molecular weight excluding hydrogens is 186 g/mol. The summed E-state index contributed by atoms with van der Waals surface area (Å²) in [6, 6.07) is 0.0925. The topological polar surface area (TPSA) is 43.8 Å². The molecule has 0 aliphatic rings. The van der Waals surface area contributed by atoms with Crippen molar-refractivity contribution >= 4 is 0 Å². The van der Waals surface area contributed by atoms with Gasteiger partial charge in [0.1, 0.15) is 0 Å². The standard InChI is InChI=1S/C12H21N3/c1-3-4-5-6-7-8-11(13)12-9-15(2)10-14-12/h3,9-11H,1,4-8,13H2,2H3. The number of allylic oxidation sites excluding steroid dienone is 1. The summed E-state index contributed by atoms with van der Waals surface area (Å²) in [5.41, 5.74) is 7.03. The highest BCUT2D eigenvalue weighted by atomic mass is 15.0. The van der Waals surface area contributed by atoms with Crippen molar-refractivity contribution in [1.82, 2.24) is 9.55 Å². The molecule has 1 rings (SSSR count). The van der Waals surface area contributed by atoms with Crippen molar-refractivity contribution in [2.24, 2.45) is 12.8 Å². The van der Waals surface area contributed by atoms with Crippen LogP contribution in [0.2, 0.25) is 0 Å². The molecule has 0 amide bonds. The van der Waals surface area contributed by atoms with Crippen molar-refractivity contribution in [2.75, 3.05) is 0 Å². The summed E-state index contributed by atoms with van der Waals surface area (Å²) in [6.45, 7) is 3.71. The van der Waals surface area contributed by atoms with Crippen LogP contribution in [0.25, 0.3) is 0 Å². The first-order valence-corrected chi connectivity index (χ1v) is 5.58. The Morgan fingerprint density at radius 3 is 2.93 bits per heavy atom. The summed E-state index contributed by atoms with van der Waals surface area (Å²) < 4.78 is 1.94. The first kappa shape index (κ1) is 12.0. The minimum Gasteiger partial charge on any atom is -0.340 e. The number of aromatic nitrogens is 2. The molecule has 2 N–H and O–H groups in total. The second-order valence-electron chi connectivity index (χ2n) is 4.00. The average Bonchev–Trinajstić information content (AvgIpc) is 2.64. The van der Waals surface area contributed by atoms with Gasteiger partial charge in [-0.15, -0.1) is 6.58 Å². The van der Waals surface area contributed by atoms with E-state index in [9.17, 15) is 0 Å². The Kier molecular flexibility index (Phi) is 5.12. The maximum absolute atomic E-state index is 6.03. The van der Waals surface area contributed by atoms with E-state index >= 15 is 0 Å². The molecule has 1 aromatic rings. The molecule has 1 atom stereocenters. The van der Waals surface area contributed by atoms with Crippen LogP contribution in [0.15, 0.2) is 25.2 Å². The molecule has 1 heterocycles. The minimum absolute atomic E-state index is 0.0925. The molecule has 0 radical (unpaired) electrons. The summed E-state index contributed by atoms with van der Waals surface area (Å²) in [6.07, 6.45) is 11.5. The van der Waals surface area contributed by atoms with Gasteiger partial charge in [-0.05, 0) is 19.3 Å². The molecule has 84 valence electrons. The molecule has 0 bridgehead atoms. The molecule has 3 nitrogen and oxygen atoms in total. The van der Waals surface area contributed by atoms with Gasteiger partial charge < -0.3 is 10.3 Å². The van der Waals surface area contributed by atoms with E-state index in [4.69, 9.17) is 5.73 Å². The SMILES string of the molecule is C=CCCCCCC(N)c1cn(C)cn1. The molecule has 1 unspecified atom stereocenters. The molecule has 0 aliphatic carbocycles. The van der Waals surface area contributed by atoms with E-state index < -0.39 is 0 Å². The smallest absolute Gasteiger partial charge is 0.0947 e. The van der Waals surface area contributed by atoms with Crippen molar-refractivity contribution < 1.29 is 0 Å². The number of aryl methyl sites for hydroxylation is 1. The minimum atomic E-state index is 0.0925. The van der Waals surface area contributed by atoms with Crippen LogP contribution in [-0.4, -0.2) is 9.55 Å². The number of nitrogens with two attached hydrogens (primary N) is 1. The van der Waals surface area contributed by atoms with Crippen LogP contribution < -0.4 is 5.73 Å². The van der Waals surface area contributed by atoms with Crippen molar-refractivity contribution in [2.45, 2.75) is 38.1 Å². The Morgan fingerprint density at radius 2 is 2.33 bits per heavy atom. The number of hydrogen-bond acceptors (Lipinski definition) is 2. The zero-order valence-corrected chi connectivity index (χ0v) is 9.52. The third-order valence-corrected chi connectivity index (χ3v) is 2.53. The lowest BCUT2D eigenvalue weighted by atomic mass is 10.1. The Bertz CT molecular complexity index is 291. The van der Waals surface area contributed by atoms with Gasteiger partial charge in [0.25, 0.3) is 0 Å². The van der Waals surface area contributed by atoms with Gasteiger partial charge in [0, 0.05) is 19.3 Å². The van der Waals surface area contributed by atoms with E-state index in [1.807, 2.05) is 23.9 Å². The van der Waals surface area contributed by atoms with Crippen LogP contribution >= 0.6 is 0 Å². The number of hydrogen-bond donors (Lipinski definition) is 1. The molecule has 0 fully saturated rings. The maximum Gasteiger partial charge on any atom is 0.0947 e. The van der Waals surface area contributed by atoms with E-state index in [-0.39, 0.29) is 6.04 Å². The lowest BCUT2D eigenvalue weighted by molar-refractivity contribution is 0.564. The van der Waals surface area contributed by atoms with Crippen LogP contribution in [-0.2, 0) is 7.05 Å². The largest absolute Gasteiger partial charge is 0.340 e. The van der Waals surface area contributed by atoms with Crippen LogP contribution in [0.1, 0.15) is 43.8 Å². The fourth-order valence-electron chi connectivity index (χ4n) is 1.60. The molecule has 1 aromatic heterocycles. The molecular formula is C12H21N3. The van der Waals surface area contributed by atoms with Crippen LogP contribution in [0.5, 0.6) is 0 Å². The zero-order valence-electron chi connectivity index (χ0n) is 9.52. The summed E-state index contributed by atoms with van der Waals surface area (Å²) >= 11 is 0. The molecule has 0 saturated heterocycles. The number of imidazole rings is 1. The number of rotatable bonds is 7. The molecule has 0 aromatic carbocycles. The van der Waals surface area contributed by atoms with E-state index in [0.717, 1.165) is 18.5 Å². The quantitative estimate of drug-likeness (QED) is 0.551. The van der Waals surface area contributed by atoms with E-state index in [1.54, 1.807) is 6.33 Å². The molecule has 15 heavy (non-hydrogen) atoms. The predicted molar refractivity (Wildman–Crippen MR) is 63.4 cm³/mol. The van der Waals surface area contributed by atoms with Crippen LogP contribution in [0, 0.1) is 0 Å². The van der Waals surface area contributed by atoms with Gasteiger partial charge >= 0.3 is 0 Å². The molecule has 3 heteroatoms. The van der Waals surface area contributed by atoms with Crippen LogP contribution in [0.3, 0.4) is 0 Å². The van der Waals surface area contributed by atoms with E-state index in [0.29, 0.717) is 0 Å². The number of unbranched alkanes of at least 4 members (excludes halogenated alkanes) is 3. The second kappa shape index (κ2) is 6.40. The summed E-state index contributed by atoms with van der Waals surface area (Å²) in [4.78, 5) is 4.25. The first-order chi connectivity index (χ1) is 7.24. The fourth-order valence-corrected chi connectivity index (χ4v) is 1.60. The summed E-state index contributed by atoms with van der Waals surface area (Å²) in [5.74, 6) is 0. The monoisotopic (exact) mass is 207 g/mol. The van der Waals surface area contributed by atoms with Gasteiger partial charge in [0.2, 0.25) is 0 Å². The van der Waals surface area contributed by atoms with Gasteiger partial charge in [-0.2, -0.15) is 0 Å². The van der Waals surface area contributed by atoms with Crippen LogP contribution in [0.4, 0.5) is 0 Å². The van der Waals surface area contributed by atoms with Gasteiger partial charge in [-0.1, -0.05) is 18.9 Å². The lowest BCUT2D eigenvalue weighted by Gasteiger charge is -2.07. The maximum atomic E-state index is 6.03. The normalized spacial score (nSPS) is 12.7. The molecule has 0 spiro atoms. The Morgan fingerprint density at radius 1 is 1.53 bits per heavy atom. The highest BCUT2D eigenvalue weighted by molar-refractivity contribution is 5.02. The van der Waals surface area contributed by atoms with E-state index in [1.165, 1.54) is 19.3 Å². The highest BCUT2D eigenvalue weighted by Gasteiger charge is 2.07. The van der Waals surface area contributed by atoms with Gasteiger partial charge in [-0.3, -0.25) is 0 Å². The fraction of sp³-hybridized carbons (Fsp3) is 0.583. The van der Waals surface area contributed by atoms with Crippen molar-refractivity contribution in [3.8, 4) is 0 Å². The Labute approximate surface area is 92.0 Å². The summed E-state index contributed by atoms with van der Waals surface area (Å²) in [5, 5.41) is 0. The highest BCUT2D eigenvalue weighted by Crippen LogP contribution is 2.15. The van der Waals surface area contributed by atoms with Crippen molar-refractivity contribution in [3.05, 3.63) is 30.9 Å². The van der Waals surface area contributed by atoms with Crippen molar-refractivity contribution in [3.63, 3.8) is 0 Å². The third kappa shape index (κ3) is 4.30. The first-order valence-electron chi connectivity index (χ1n) is 5.58. The lowest BCUT2D eigenvalue weighted by Crippen LogP contribution is -2.10. The zero-order chi connectivity index (χ0) is 11.1. The second-order valence-corrected chi connectivity index (χ2v) is 4.00. The molecule has 0 aliphatic heterocycles. The summed E-state index contributed by atoms with van der Waals surface area (Å²) in [7, 11) is 1.97. The van der Waals surface area contributed by atoms with Crippen molar-refractivity contribution in [1.29, 1.82) is 0 Å². The Balaban J connectivity index is 2.18. The van der Waals surface area contributed by atoms with Gasteiger partial charge in [0.05, 0.1) is 12.0 Å². The van der Waals surface area contributed by atoms with Gasteiger partial charge in [-0.25, -0.2) is 4.98 Å². The predicted octanol–water partition coefficient (Wildman–Crippen LogP) is 2.56. The number of nitrogens with zero attached hydrogens (tertiary/aromatic N) is 2. The third-order valence-electron chi connectivity index (χ3n) is 2.53. The molecule has 0 saturated carbocycles.